The van der Waals surface area contributed by atoms with Crippen LogP contribution < -0.4 is 15.0 Å². The van der Waals surface area contributed by atoms with E-state index in [-0.39, 0.29) is 11.8 Å². The quantitative estimate of drug-likeness (QED) is 0.687. The molecule has 0 aliphatic carbocycles. The van der Waals surface area contributed by atoms with Gasteiger partial charge < -0.3 is 19.9 Å². The van der Waals surface area contributed by atoms with E-state index in [1.165, 1.54) is 0 Å². The molecule has 1 aliphatic rings. The minimum atomic E-state index is -0.801. The molecule has 0 bridgehead atoms. The highest BCUT2D eigenvalue weighted by Crippen LogP contribution is 2.35. The first-order valence-electron chi connectivity index (χ1n) is 9.48. The first-order valence-corrected chi connectivity index (χ1v) is 10.6. The van der Waals surface area contributed by atoms with Crippen molar-refractivity contribution in [2.45, 2.75) is 20.0 Å². The van der Waals surface area contributed by atoms with Gasteiger partial charge >= 0.3 is 0 Å². The Kier molecular flexibility index (Phi) is 7.34. The van der Waals surface area contributed by atoms with Gasteiger partial charge in [0.2, 0.25) is 5.91 Å². The molecule has 0 radical (unpaired) electrons. The van der Waals surface area contributed by atoms with Crippen molar-refractivity contribution in [3.63, 3.8) is 0 Å². The third-order valence-electron chi connectivity index (χ3n) is 4.85. The molecule has 1 fully saturated rings. The summed E-state index contributed by atoms with van der Waals surface area (Å²) < 4.78 is 5.70. The Balaban J connectivity index is 1.72. The summed E-state index contributed by atoms with van der Waals surface area (Å²) in [5, 5.41) is 4.23. The molecule has 6 nitrogen and oxygen atoms in total. The number of carbonyl (C=O) groups excluding carboxylic acids is 2. The second kappa shape index (κ2) is 9.77. The van der Waals surface area contributed by atoms with Crippen LogP contribution in [-0.4, -0.2) is 49.0 Å². The van der Waals surface area contributed by atoms with Gasteiger partial charge in [-0.15, -0.1) is 0 Å². The van der Waals surface area contributed by atoms with Crippen LogP contribution in [0, 0.1) is 0 Å². The molecule has 0 aromatic heterocycles. The van der Waals surface area contributed by atoms with Crippen molar-refractivity contribution in [2.24, 2.45) is 0 Å². The number of anilines is 2. The molecule has 0 spiro atoms. The van der Waals surface area contributed by atoms with Crippen LogP contribution in [0.5, 0.6) is 5.75 Å². The van der Waals surface area contributed by atoms with Gasteiger partial charge in [0.05, 0.1) is 21.4 Å². The van der Waals surface area contributed by atoms with Gasteiger partial charge in [-0.05, 0) is 37.3 Å². The zero-order chi connectivity index (χ0) is 21.8. The van der Waals surface area contributed by atoms with E-state index in [0.717, 1.165) is 5.69 Å². The molecular formula is C21H22Cl3N3O3. The fraction of sp³-hybridized carbons (Fsp3) is 0.333. The summed E-state index contributed by atoms with van der Waals surface area (Å²) in [5.74, 6) is 0.0801. The fourth-order valence-corrected chi connectivity index (χ4v) is 3.98. The van der Waals surface area contributed by atoms with Gasteiger partial charge in [-0.2, -0.15) is 0 Å². The van der Waals surface area contributed by atoms with Crippen LogP contribution in [0.25, 0.3) is 0 Å². The van der Waals surface area contributed by atoms with Crippen molar-refractivity contribution >= 4 is 58.0 Å². The average Bonchev–Trinajstić information content (AvgIpc) is 2.70. The number of nitrogens with one attached hydrogen (secondary N) is 1. The lowest BCUT2D eigenvalue weighted by atomic mass is 10.2. The highest BCUT2D eigenvalue weighted by molar-refractivity contribution is 6.35. The predicted octanol–water partition coefficient (Wildman–Crippen LogP) is 4.72. The minimum Gasteiger partial charge on any atom is -0.479 e. The van der Waals surface area contributed by atoms with E-state index in [0.29, 0.717) is 52.7 Å². The largest absolute Gasteiger partial charge is 0.479 e. The van der Waals surface area contributed by atoms with E-state index in [2.05, 4.69) is 10.2 Å². The molecule has 1 aliphatic heterocycles. The number of para-hydroxylation sites is 1. The maximum Gasteiger partial charge on any atom is 0.265 e. The molecule has 2 amide bonds. The number of benzene rings is 2. The third kappa shape index (κ3) is 5.31. The summed E-state index contributed by atoms with van der Waals surface area (Å²) >= 11 is 18.5. The van der Waals surface area contributed by atoms with Gasteiger partial charge in [-0.3, -0.25) is 9.59 Å². The van der Waals surface area contributed by atoms with Gasteiger partial charge in [0.15, 0.2) is 6.10 Å². The Hall–Kier alpha value is -2.15. The number of hydrogen-bond donors (Lipinski definition) is 1. The van der Waals surface area contributed by atoms with Crippen molar-refractivity contribution in [3.05, 3.63) is 51.5 Å². The Labute approximate surface area is 190 Å². The number of halogens is 3. The van der Waals surface area contributed by atoms with Crippen molar-refractivity contribution in [2.75, 3.05) is 36.4 Å². The summed E-state index contributed by atoms with van der Waals surface area (Å²) in [6.07, 6.45) is -0.801. The van der Waals surface area contributed by atoms with E-state index in [4.69, 9.17) is 39.5 Å². The van der Waals surface area contributed by atoms with E-state index in [1.807, 2.05) is 0 Å². The standard InChI is InChI=1S/C21H22Cl3N3O3/c1-13(30-19-7-6-15(22)12-17(19)24)21(29)25-18-5-3-4-16(23)20(18)27-10-8-26(9-11-27)14(2)28/h3-7,12-13H,8-11H2,1-2H3,(H,25,29)/t13-/m0/s1. The van der Waals surface area contributed by atoms with Crippen molar-refractivity contribution in [3.8, 4) is 5.75 Å². The van der Waals surface area contributed by atoms with Crippen LogP contribution in [0.15, 0.2) is 36.4 Å². The Morgan fingerprint density at radius 3 is 2.37 bits per heavy atom. The molecule has 2 aromatic carbocycles. The minimum absolute atomic E-state index is 0.0502. The lowest BCUT2D eigenvalue weighted by Gasteiger charge is -2.37. The van der Waals surface area contributed by atoms with Crippen molar-refractivity contribution in [1.82, 2.24) is 4.90 Å². The molecule has 9 heteroatoms. The highest BCUT2D eigenvalue weighted by atomic mass is 35.5. The second-order valence-electron chi connectivity index (χ2n) is 6.95. The summed E-state index contributed by atoms with van der Waals surface area (Å²) in [5.41, 5.74) is 1.31. The van der Waals surface area contributed by atoms with Gasteiger partial charge in [0, 0.05) is 38.1 Å². The summed E-state index contributed by atoms with van der Waals surface area (Å²) in [6.45, 7) is 5.64. The monoisotopic (exact) mass is 469 g/mol. The van der Waals surface area contributed by atoms with E-state index in [9.17, 15) is 9.59 Å². The maximum absolute atomic E-state index is 12.8. The van der Waals surface area contributed by atoms with Crippen LogP contribution in [-0.2, 0) is 9.59 Å². The number of nitrogens with zero attached hydrogens (tertiary/aromatic N) is 2. The molecule has 30 heavy (non-hydrogen) atoms. The van der Waals surface area contributed by atoms with Gasteiger partial charge in [-0.25, -0.2) is 0 Å². The Bertz CT molecular complexity index is 946. The van der Waals surface area contributed by atoms with Crippen LogP contribution in [0.2, 0.25) is 15.1 Å². The average molecular weight is 471 g/mol. The lowest BCUT2D eigenvalue weighted by Crippen LogP contribution is -2.48. The van der Waals surface area contributed by atoms with Crippen molar-refractivity contribution < 1.29 is 14.3 Å². The first-order chi connectivity index (χ1) is 14.3. The SMILES string of the molecule is CC(=O)N1CCN(c2c(Cl)cccc2NC(=O)[C@H](C)Oc2ccc(Cl)cc2Cl)CC1. The Morgan fingerprint density at radius 1 is 1.03 bits per heavy atom. The number of amides is 2. The number of rotatable bonds is 5. The van der Waals surface area contributed by atoms with Crippen LogP contribution in [0.1, 0.15) is 13.8 Å². The molecule has 0 saturated carbocycles. The van der Waals surface area contributed by atoms with E-state index < -0.39 is 6.10 Å². The predicted molar refractivity (Wildman–Crippen MR) is 121 cm³/mol. The molecule has 0 unspecified atom stereocenters. The molecule has 1 N–H and O–H groups in total. The second-order valence-corrected chi connectivity index (χ2v) is 8.20. The summed E-state index contributed by atoms with van der Waals surface area (Å²) in [4.78, 5) is 28.2. The molecule has 1 heterocycles. The van der Waals surface area contributed by atoms with Gasteiger partial charge in [0.1, 0.15) is 5.75 Å². The molecule has 2 aromatic rings. The fourth-order valence-electron chi connectivity index (χ4n) is 3.23. The zero-order valence-corrected chi connectivity index (χ0v) is 18.9. The first kappa shape index (κ1) is 22.5. The summed E-state index contributed by atoms with van der Waals surface area (Å²) in [7, 11) is 0. The zero-order valence-electron chi connectivity index (χ0n) is 16.6. The highest BCUT2D eigenvalue weighted by Gasteiger charge is 2.24. The van der Waals surface area contributed by atoms with Gasteiger partial charge in [0.25, 0.3) is 5.91 Å². The molecule has 160 valence electrons. The third-order valence-corrected chi connectivity index (χ3v) is 5.69. The van der Waals surface area contributed by atoms with Crippen LogP contribution in [0.4, 0.5) is 11.4 Å². The Morgan fingerprint density at radius 2 is 1.73 bits per heavy atom. The molecule has 3 rings (SSSR count). The number of ether oxygens (including phenoxy) is 1. The number of carbonyl (C=O) groups is 2. The molecular weight excluding hydrogens is 449 g/mol. The van der Waals surface area contributed by atoms with E-state index in [1.54, 1.807) is 55.1 Å². The van der Waals surface area contributed by atoms with Crippen LogP contribution >= 0.6 is 34.8 Å². The number of piperazine rings is 1. The maximum atomic E-state index is 12.8. The normalized spacial score (nSPS) is 15.0. The summed E-state index contributed by atoms with van der Waals surface area (Å²) in [6, 6.07) is 10.2. The molecule has 1 saturated heterocycles. The van der Waals surface area contributed by atoms with Crippen LogP contribution in [0.3, 0.4) is 0 Å². The van der Waals surface area contributed by atoms with Crippen molar-refractivity contribution in [1.29, 1.82) is 0 Å². The number of hydrogen-bond acceptors (Lipinski definition) is 4. The van der Waals surface area contributed by atoms with Gasteiger partial charge in [-0.1, -0.05) is 40.9 Å². The lowest BCUT2D eigenvalue weighted by molar-refractivity contribution is -0.129. The molecule has 1 atom stereocenters. The smallest absolute Gasteiger partial charge is 0.265 e. The topological polar surface area (TPSA) is 61.9 Å². The van der Waals surface area contributed by atoms with E-state index >= 15 is 0 Å².